The van der Waals surface area contributed by atoms with E-state index < -0.39 is 15.5 Å². The van der Waals surface area contributed by atoms with E-state index in [1.807, 2.05) is 0 Å². The molecule has 0 aromatic carbocycles. The van der Waals surface area contributed by atoms with Crippen molar-refractivity contribution in [2.24, 2.45) is 16.8 Å². The molecule has 0 aromatic rings. The number of nitrogens with one attached hydrogen (secondary N) is 2. The first-order valence-corrected chi connectivity index (χ1v) is 11.1. The average Bonchev–Trinajstić information content (AvgIpc) is 2.65. The minimum absolute atomic E-state index is 0.0910. The van der Waals surface area contributed by atoms with Gasteiger partial charge >= 0.3 is 15.5 Å². The van der Waals surface area contributed by atoms with Crippen LogP contribution in [0.2, 0.25) is 0 Å². The number of nitrogens with zero attached hydrogens (tertiary/aromatic N) is 2. The third-order valence-corrected chi connectivity index (χ3v) is 7.38. The van der Waals surface area contributed by atoms with Crippen molar-refractivity contribution in [2.75, 3.05) is 26.7 Å². The third-order valence-electron chi connectivity index (χ3n) is 5.75. The lowest BCUT2D eigenvalue weighted by molar-refractivity contribution is -0.0494. The lowest BCUT2D eigenvalue weighted by atomic mass is 9.81. The first kappa shape index (κ1) is 22.3. The van der Waals surface area contributed by atoms with Gasteiger partial charge in [-0.3, -0.25) is 4.99 Å². The molecule has 0 radical (unpaired) electrons. The normalized spacial score (nSPS) is 26.8. The Morgan fingerprint density at radius 1 is 1.07 bits per heavy atom. The van der Waals surface area contributed by atoms with Gasteiger partial charge in [-0.1, -0.05) is 26.2 Å². The molecular formula is C17H31F3N4O2S. The third kappa shape index (κ3) is 5.97. The van der Waals surface area contributed by atoms with Crippen LogP contribution in [-0.4, -0.2) is 56.9 Å². The quantitative estimate of drug-likeness (QED) is 0.538. The Labute approximate surface area is 160 Å². The summed E-state index contributed by atoms with van der Waals surface area (Å²) in [5.41, 5.74) is -5.23. The van der Waals surface area contributed by atoms with Gasteiger partial charge in [-0.25, -0.2) is 8.42 Å². The van der Waals surface area contributed by atoms with Crippen LogP contribution in [0.4, 0.5) is 13.2 Å². The van der Waals surface area contributed by atoms with Gasteiger partial charge in [0.25, 0.3) is 0 Å². The Morgan fingerprint density at radius 3 is 2.11 bits per heavy atom. The molecule has 2 N–H and O–H groups in total. The van der Waals surface area contributed by atoms with E-state index in [4.69, 9.17) is 0 Å². The summed E-state index contributed by atoms with van der Waals surface area (Å²) < 4.78 is 61.3. The second kappa shape index (κ2) is 9.45. The number of rotatable bonds is 5. The number of halogens is 3. The molecule has 0 atom stereocenters. The fourth-order valence-electron chi connectivity index (χ4n) is 3.86. The second-order valence-electron chi connectivity index (χ2n) is 7.52. The van der Waals surface area contributed by atoms with Crippen molar-refractivity contribution >= 4 is 16.0 Å². The standard InChI is InChI=1S/C17H31F3N4O2S/c1-3-13-4-6-14(7-5-13)12-22-16(21-2)23-15-8-10-24(11-9-15)27(25,26)17(18,19)20/h13-15H,3-12H2,1-2H3,(H2,21,22,23). The zero-order chi connectivity index (χ0) is 20.1. The SMILES string of the molecule is CCC1CCC(CNC(=NC)NC2CCN(S(=O)(=O)C(F)(F)F)CC2)CC1. The zero-order valence-electron chi connectivity index (χ0n) is 16.1. The highest BCUT2D eigenvalue weighted by Crippen LogP contribution is 2.30. The minimum Gasteiger partial charge on any atom is -0.356 e. The minimum atomic E-state index is -5.23. The molecule has 10 heteroatoms. The van der Waals surface area contributed by atoms with Gasteiger partial charge in [-0.05, 0) is 37.5 Å². The molecule has 0 aromatic heterocycles. The Kier molecular flexibility index (Phi) is 7.79. The summed E-state index contributed by atoms with van der Waals surface area (Å²) in [6, 6.07) is -0.0910. The van der Waals surface area contributed by atoms with Crippen molar-refractivity contribution in [2.45, 2.75) is 63.4 Å². The van der Waals surface area contributed by atoms with Crippen LogP contribution in [0.15, 0.2) is 4.99 Å². The molecule has 1 saturated heterocycles. The average molecular weight is 413 g/mol. The molecule has 0 amide bonds. The number of guanidine groups is 1. The van der Waals surface area contributed by atoms with Gasteiger partial charge in [0.1, 0.15) is 0 Å². The van der Waals surface area contributed by atoms with Crippen LogP contribution < -0.4 is 10.6 Å². The largest absolute Gasteiger partial charge is 0.511 e. The van der Waals surface area contributed by atoms with E-state index in [2.05, 4.69) is 22.5 Å². The maximum Gasteiger partial charge on any atom is 0.511 e. The van der Waals surface area contributed by atoms with Crippen LogP contribution >= 0.6 is 0 Å². The van der Waals surface area contributed by atoms with Crippen LogP contribution in [0.25, 0.3) is 0 Å². The molecule has 1 aliphatic heterocycles. The van der Waals surface area contributed by atoms with E-state index >= 15 is 0 Å². The van der Waals surface area contributed by atoms with Gasteiger partial charge in [-0.15, -0.1) is 0 Å². The molecule has 2 rings (SSSR count). The number of sulfonamides is 1. The topological polar surface area (TPSA) is 73.8 Å². The Hall–Kier alpha value is -1.03. The number of alkyl halides is 3. The fourth-order valence-corrected chi connectivity index (χ4v) is 4.84. The molecule has 158 valence electrons. The van der Waals surface area contributed by atoms with Gasteiger partial charge in [0.2, 0.25) is 0 Å². The van der Waals surface area contributed by atoms with Crippen LogP contribution in [0.3, 0.4) is 0 Å². The van der Waals surface area contributed by atoms with Gasteiger partial charge in [-0.2, -0.15) is 17.5 Å². The first-order chi connectivity index (χ1) is 12.7. The Morgan fingerprint density at radius 2 is 1.63 bits per heavy atom. The maximum absolute atomic E-state index is 12.6. The lowest BCUT2D eigenvalue weighted by Gasteiger charge is -2.33. The zero-order valence-corrected chi connectivity index (χ0v) is 16.9. The summed E-state index contributed by atoms with van der Waals surface area (Å²) in [5, 5.41) is 6.52. The summed E-state index contributed by atoms with van der Waals surface area (Å²) in [6.45, 7) is 2.78. The molecule has 27 heavy (non-hydrogen) atoms. The van der Waals surface area contributed by atoms with Gasteiger partial charge in [0.15, 0.2) is 5.96 Å². The molecule has 6 nitrogen and oxygen atoms in total. The van der Waals surface area contributed by atoms with Crippen LogP contribution in [0.5, 0.6) is 0 Å². The smallest absolute Gasteiger partial charge is 0.356 e. The first-order valence-electron chi connectivity index (χ1n) is 9.71. The maximum atomic E-state index is 12.6. The molecule has 2 aliphatic rings. The summed E-state index contributed by atoms with van der Waals surface area (Å²) >= 11 is 0. The van der Waals surface area contributed by atoms with E-state index in [0.29, 0.717) is 29.0 Å². The van der Waals surface area contributed by atoms with E-state index in [1.165, 1.54) is 32.1 Å². The van der Waals surface area contributed by atoms with Crippen molar-refractivity contribution in [3.63, 3.8) is 0 Å². The van der Waals surface area contributed by atoms with Crippen LogP contribution in [0.1, 0.15) is 51.9 Å². The Bertz CT molecular complexity index is 594. The van der Waals surface area contributed by atoms with E-state index in [-0.39, 0.29) is 19.1 Å². The van der Waals surface area contributed by atoms with Crippen LogP contribution in [0, 0.1) is 11.8 Å². The molecule has 0 bridgehead atoms. The summed E-state index contributed by atoms with van der Waals surface area (Å²) in [5.74, 6) is 2.09. The highest BCUT2D eigenvalue weighted by molar-refractivity contribution is 7.90. The molecule has 0 spiro atoms. The van der Waals surface area contributed by atoms with Crippen molar-refractivity contribution in [1.29, 1.82) is 0 Å². The molecule has 2 fully saturated rings. The highest BCUT2D eigenvalue weighted by atomic mass is 32.2. The molecule has 1 saturated carbocycles. The van der Waals surface area contributed by atoms with Crippen molar-refractivity contribution in [3.8, 4) is 0 Å². The van der Waals surface area contributed by atoms with Gasteiger partial charge in [0, 0.05) is 32.7 Å². The molecule has 1 aliphatic carbocycles. The number of aliphatic imine (C=N–C) groups is 1. The van der Waals surface area contributed by atoms with Crippen molar-refractivity contribution < 1.29 is 21.6 Å². The van der Waals surface area contributed by atoms with Gasteiger partial charge < -0.3 is 10.6 Å². The number of piperidine rings is 1. The second-order valence-corrected chi connectivity index (χ2v) is 9.45. The van der Waals surface area contributed by atoms with Gasteiger partial charge in [0.05, 0.1) is 0 Å². The molecule has 1 heterocycles. The molecule has 0 unspecified atom stereocenters. The monoisotopic (exact) mass is 412 g/mol. The Balaban J connectivity index is 1.75. The van der Waals surface area contributed by atoms with E-state index in [1.54, 1.807) is 7.05 Å². The predicted molar refractivity (Wildman–Crippen MR) is 99.8 cm³/mol. The number of hydrogen-bond donors (Lipinski definition) is 2. The number of hydrogen-bond acceptors (Lipinski definition) is 3. The lowest BCUT2D eigenvalue weighted by Crippen LogP contribution is -2.52. The summed E-state index contributed by atoms with van der Waals surface area (Å²) in [7, 11) is -3.57. The molecular weight excluding hydrogens is 381 g/mol. The highest BCUT2D eigenvalue weighted by Gasteiger charge is 2.50. The van der Waals surface area contributed by atoms with Crippen molar-refractivity contribution in [3.05, 3.63) is 0 Å². The predicted octanol–water partition coefficient (Wildman–Crippen LogP) is 2.68. The van der Waals surface area contributed by atoms with Crippen molar-refractivity contribution in [1.82, 2.24) is 14.9 Å². The summed E-state index contributed by atoms with van der Waals surface area (Å²) in [6.07, 6.45) is 6.82. The van der Waals surface area contributed by atoms with E-state index in [0.717, 1.165) is 12.5 Å². The summed E-state index contributed by atoms with van der Waals surface area (Å²) in [4.78, 5) is 4.19. The fraction of sp³-hybridized carbons (Fsp3) is 0.941. The van der Waals surface area contributed by atoms with E-state index in [9.17, 15) is 21.6 Å². The van der Waals surface area contributed by atoms with Crippen LogP contribution in [-0.2, 0) is 10.0 Å².